The summed E-state index contributed by atoms with van der Waals surface area (Å²) in [6.07, 6.45) is 2.58. The summed E-state index contributed by atoms with van der Waals surface area (Å²) in [4.78, 5) is 11.1. The van der Waals surface area contributed by atoms with E-state index in [2.05, 4.69) is 4.72 Å². The van der Waals surface area contributed by atoms with Gasteiger partial charge in [0.15, 0.2) is 0 Å². The molecule has 3 unspecified atom stereocenters. The summed E-state index contributed by atoms with van der Waals surface area (Å²) in [5, 5.41) is 9.10. The maximum absolute atomic E-state index is 12.3. The Bertz CT molecular complexity index is 437. The van der Waals surface area contributed by atoms with Crippen molar-refractivity contribution in [3.8, 4) is 0 Å². The zero-order valence-electron chi connectivity index (χ0n) is 11.4. The van der Waals surface area contributed by atoms with Crippen molar-refractivity contribution in [2.24, 2.45) is 17.8 Å². The van der Waals surface area contributed by atoms with Crippen molar-refractivity contribution in [3.63, 3.8) is 0 Å². The molecule has 110 valence electrons. The van der Waals surface area contributed by atoms with Gasteiger partial charge in [-0.1, -0.05) is 13.8 Å². The number of carboxylic acid groups (broad SMARTS) is 1. The summed E-state index contributed by atoms with van der Waals surface area (Å²) in [5.74, 6) is -0.509. The van der Waals surface area contributed by atoms with E-state index in [1.807, 2.05) is 13.8 Å². The van der Waals surface area contributed by atoms with Gasteiger partial charge < -0.3 is 5.11 Å². The first-order valence-electron chi connectivity index (χ1n) is 6.80. The van der Waals surface area contributed by atoms with E-state index in [4.69, 9.17) is 5.11 Å². The molecule has 0 aromatic heterocycles. The molecule has 7 heteroatoms. The van der Waals surface area contributed by atoms with Crippen molar-refractivity contribution in [2.75, 3.05) is 13.1 Å². The average molecular weight is 290 g/mol. The van der Waals surface area contributed by atoms with Crippen molar-refractivity contribution in [3.05, 3.63) is 0 Å². The molecule has 1 aliphatic heterocycles. The molecule has 1 saturated carbocycles. The first-order valence-corrected chi connectivity index (χ1v) is 8.24. The lowest BCUT2D eigenvalue weighted by atomic mass is 9.94. The standard InChI is InChI=1S/C12H22N2O4S/c1-8-5-9(2)7-14(6-8)19(17,18)13-11(12(15)16)10-3-4-10/h8-11,13H,3-7H2,1-2H3,(H,15,16). The molecule has 2 rings (SSSR count). The molecular formula is C12H22N2O4S. The fraction of sp³-hybridized carbons (Fsp3) is 0.917. The fourth-order valence-corrected chi connectivity index (χ4v) is 4.48. The largest absolute Gasteiger partial charge is 0.480 e. The Balaban J connectivity index is 2.06. The maximum Gasteiger partial charge on any atom is 0.322 e. The highest BCUT2D eigenvalue weighted by Gasteiger charge is 2.41. The van der Waals surface area contributed by atoms with Gasteiger partial charge in [-0.3, -0.25) is 4.79 Å². The third-order valence-corrected chi connectivity index (χ3v) is 5.34. The Morgan fingerprint density at radius 3 is 2.21 bits per heavy atom. The fourth-order valence-electron chi connectivity index (χ4n) is 2.81. The lowest BCUT2D eigenvalue weighted by Crippen LogP contribution is -2.52. The number of nitrogens with zero attached hydrogens (tertiary/aromatic N) is 1. The molecule has 1 aliphatic carbocycles. The van der Waals surface area contributed by atoms with Gasteiger partial charge in [0.05, 0.1) is 0 Å². The molecule has 0 aromatic rings. The number of hydrogen-bond donors (Lipinski definition) is 2. The molecular weight excluding hydrogens is 268 g/mol. The Hall–Kier alpha value is -0.660. The molecule has 19 heavy (non-hydrogen) atoms. The van der Waals surface area contributed by atoms with Gasteiger partial charge in [0.1, 0.15) is 6.04 Å². The minimum absolute atomic E-state index is 0.0492. The van der Waals surface area contributed by atoms with Crippen LogP contribution in [0, 0.1) is 17.8 Å². The number of hydrogen-bond acceptors (Lipinski definition) is 3. The lowest BCUT2D eigenvalue weighted by Gasteiger charge is -2.34. The topological polar surface area (TPSA) is 86.7 Å². The van der Waals surface area contributed by atoms with Gasteiger partial charge in [-0.2, -0.15) is 17.4 Å². The van der Waals surface area contributed by atoms with E-state index in [0.717, 1.165) is 19.3 Å². The summed E-state index contributed by atoms with van der Waals surface area (Å²) < 4.78 is 28.3. The molecule has 0 bridgehead atoms. The van der Waals surface area contributed by atoms with Crippen LogP contribution in [0.5, 0.6) is 0 Å². The van der Waals surface area contributed by atoms with Gasteiger partial charge in [-0.25, -0.2) is 0 Å². The molecule has 2 N–H and O–H groups in total. The van der Waals surface area contributed by atoms with E-state index >= 15 is 0 Å². The second kappa shape index (κ2) is 5.38. The first-order chi connectivity index (χ1) is 8.79. The van der Waals surface area contributed by atoms with Crippen LogP contribution < -0.4 is 4.72 Å². The molecule has 0 aromatic carbocycles. The summed E-state index contributed by atoms with van der Waals surface area (Å²) in [6, 6.07) is -0.975. The molecule has 1 saturated heterocycles. The van der Waals surface area contributed by atoms with Crippen LogP contribution in [0.3, 0.4) is 0 Å². The molecule has 2 aliphatic rings. The monoisotopic (exact) mass is 290 g/mol. The van der Waals surface area contributed by atoms with Crippen LogP contribution >= 0.6 is 0 Å². The van der Waals surface area contributed by atoms with Crippen LogP contribution in [0.1, 0.15) is 33.1 Å². The van der Waals surface area contributed by atoms with Gasteiger partial charge in [-0.15, -0.1) is 0 Å². The Morgan fingerprint density at radius 2 is 1.79 bits per heavy atom. The molecule has 3 atom stereocenters. The Labute approximate surface area is 114 Å². The van der Waals surface area contributed by atoms with Gasteiger partial charge in [0, 0.05) is 13.1 Å². The second-order valence-electron chi connectivity index (χ2n) is 6.04. The van der Waals surface area contributed by atoms with E-state index in [9.17, 15) is 13.2 Å². The van der Waals surface area contributed by atoms with E-state index in [0.29, 0.717) is 24.9 Å². The third-order valence-electron chi connectivity index (χ3n) is 3.81. The highest BCUT2D eigenvalue weighted by molar-refractivity contribution is 7.87. The summed E-state index contributed by atoms with van der Waals surface area (Å²) in [7, 11) is -3.70. The molecule has 0 radical (unpaired) electrons. The maximum atomic E-state index is 12.3. The molecule has 0 spiro atoms. The Kier molecular flexibility index (Phi) is 4.17. The van der Waals surface area contributed by atoms with Crippen molar-refractivity contribution in [1.29, 1.82) is 0 Å². The number of piperidine rings is 1. The zero-order valence-corrected chi connectivity index (χ0v) is 12.2. The van der Waals surface area contributed by atoms with E-state index in [-0.39, 0.29) is 5.92 Å². The quantitative estimate of drug-likeness (QED) is 0.779. The molecule has 1 heterocycles. The van der Waals surface area contributed by atoms with Crippen molar-refractivity contribution in [1.82, 2.24) is 9.03 Å². The zero-order chi connectivity index (χ0) is 14.2. The van der Waals surface area contributed by atoms with Crippen molar-refractivity contribution < 1.29 is 18.3 Å². The summed E-state index contributed by atoms with van der Waals surface area (Å²) in [6.45, 7) is 4.98. The predicted octanol–water partition coefficient (Wildman–Crippen LogP) is 0.662. The van der Waals surface area contributed by atoms with E-state index < -0.39 is 22.2 Å². The van der Waals surface area contributed by atoms with Gasteiger partial charge in [0.25, 0.3) is 10.2 Å². The normalized spacial score (nSPS) is 31.1. The van der Waals surface area contributed by atoms with E-state index in [1.54, 1.807) is 0 Å². The minimum Gasteiger partial charge on any atom is -0.480 e. The minimum atomic E-state index is -3.70. The number of carbonyl (C=O) groups is 1. The highest BCUT2D eigenvalue weighted by atomic mass is 32.2. The number of aliphatic carboxylic acids is 1. The second-order valence-corrected chi connectivity index (χ2v) is 7.74. The van der Waals surface area contributed by atoms with Crippen molar-refractivity contribution >= 4 is 16.2 Å². The molecule has 0 amide bonds. The van der Waals surface area contributed by atoms with Crippen LogP contribution in [0.4, 0.5) is 0 Å². The predicted molar refractivity (Wildman–Crippen MR) is 70.7 cm³/mol. The van der Waals surface area contributed by atoms with Crippen LogP contribution in [0.2, 0.25) is 0 Å². The SMILES string of the molecule is CC1CC(C)CN(S(=O)(=O)NC(C(=O)O)C2CC2)C1. The van der Waals surface area contributed by atoms with Crippen LogP contribution in [0.15, 0.2) is 0 Å². The van der Waals surface area contributed by atoms with Crippen LogP contribution in [-0.2, 0) is 15.0 Å². The summed E-state index contributed by atoms with van der Waals surface area (Å²) in [5.41, 5.74) is 0. The molecule has 6 nitrogen and oxygen atoms in total. The third kappa shape index (κ3) is 3.67. The van der Waals surface area contributed by atoms with Crippen LogP contribution in [-0.4, -0.2) is 42.9 Å². The van der Waals surface area contributed by atoms with Gasteiger partial charge in [-0.05, 0) is 37.0 Å². The van der Waals surface area contributed by atoms with Gasteiger partial charge in [0.2, 0.25) is 0 Å². The van der Waals surface area contributed by atoms with E-state index in [1.165, 1.54) is 4.31 Å². The lowest BCUT2D eigenvalue weighted by molar-refractivity contribution is -0.139. The van der Waals surface area contributed by atoms with Crippen LogP contribution in [0.25, 0.3) is 0 Å². The molecule has 2 fully saturated rings. The Morgan fingerprint density at radius 1 is 1.26 bits per heavy atom. The summed E-state index contributed by atoms with van der Waals surface area (Å²) >= 11 is 0. The smallest absolute Gasteiger partial charge is 0.322 e. The van der Waals surface area contributed by atoms with Gasteiger partial charge >= 0.3 is 5.97 Å². The number of carboxylic acids is 1. The highest BCUT2D eigenvalue weighted by Crippen LogP contribution is 2.33. The van der Waals surface area contributed by atoms with Crippen molar-refractivity contribution in [2.45, 2.75) is 39.2 Å². The number of nitrogens with one attached hydrogen (secondary N) is 1. The first kappa shape index (κ1) is 14.7. The average Bonchev–Trinajstić information content (AvgIpc) is 3.08. The number of rotatable bonds is 5.